The van der Waals surface area contributed by atoms with Gasteiger partial charge in [-0.2, -0.15) is 10.1 Å². The molecule has 29 heavy (non-hydrogen) atoms. The van der Waals surface area contributed by atoms with Crippen LogP contribution in [0.4, 0.5) is 21.8 Å². The van der Waals surface area contributed by atoms with Gasteiger partial charge in [0.15, 0.2) is 11.6 Å². The monoisotopic (exact) mass is 400 g/mol. The quantitative estimate of drug-likeness (QED) is 0.537. The lowest BCUT2D eigenvalue weighted by Gasteiger charge is -2.35. The van der Waals surface area contributed by atoms with Crippen molar-refractivity contribution in [3.63, 3.8) is 0 Å². The summed E-state index contributed by atoms with van der Waals surface area (Å²) in [5.74, 6) is -0.951. The minimum Gasteiger partial charge on any atom is -0.369 e. The minimum atomic E-state index is -0.605. The van der Waals surface area contributed by atoms with Crippen molar-refractivity contribution in [2.75, 3.05) is 17.2 Å². The molecule has 5 N–H and O–H groups in total. The topological polar surface area (TPSA) is 140 Å². The standard InChI is InChI=1S/C18H21FN8O2/c19-12-5-22-18-24-10-4-23-27(6-10)7-13(28)21-3-9-1-8-2-11(9)15(14(8)16(20)29)25-17(12)26-18/h4-6,8-9,11,14-15H,1-3,7H2,(H2,20,29)(H,21,28)(H2,22,24,25,26)/t8-,9-,11+,14-,15+/m0/s1. The fraction of sp³-hybridized carbons (Fsp3) is 0.500. The first kappa shape index (κ1) is 17.8. The van der Waals surface area contributed by atoms with Crippen LogP contribution in [0, 0.1) is 29.5 Å². The predicted molar refractivity (Wildman–Crippen MR) is 100 cm³/mol. The van der Waals surface area contributed by atoms with Crippen LogP contribution in [0.1, 0.15) is 12.8 Å². The zero-order chi connectivity index (χ0) is 20.1. The normalized spacial score (nSPS) is 30.5. The Bertz CT molecular complexity index is 979. The molecule has 0 aromatic carbocycles. The average Bonchev–Trinajstić information content (AvgIpc) is 3.37. The van der Waals surface area contributed by atoms with E-state index in [9.17, 15) is 14.0 Å². The number of anilines is 3. The van der Waals surface area contributed by atoms with Crippen molar-refractivity contribution in [3.05, 3.63) is 24.4 Å². The molecular weight excluding hydrogens is 379 g/mol. The van der Waals surface area contributed by atoms with E-state index in [0.29, 0.717) is 12.2 Å². The van der Waals surface area contributed by atoms with E-state index in [1.54, 1.807) is 6.20 Å². The molecule has 5 rings (SSSR count). The average molecular weight is 400 g/mol. The molecule has 2 saturated carbocycles. The molecule has 2 aromatic rings. The number of hydrogen-bond donors (Lipinski definition) is 4. The Hall–Kier alpha value is -3.24. The Kier molecular flexibility index (Phi) is 4.10. The van der Waals surface area contributed by atoms with Gasteiger partial charge in [-0.05, 0) is 30.6 Å². The van der Waals surface area contributed by atoms with Gasteiger partial charge < -0.3 is 21.7 Å². The smallest absolute Gasteiger partial charge is 0.241 e. The second-order valence-corrected chi connectivity index (χ2v) is 8.00. The molecule has 0 spiro atoms. The van der Waals surface area contributed by atoms with Gasteiger partial charge in [0.1, 0.15) is 6.54 Å². The van der Waals surface area contributed by atoms with Crippen molar-refractivity contribution in [1.82, 2.24) is 25.1 Å². The van der Waals surface area contributed by atoms with Gasteiger partial charge in [-0.25, -0.2) is 9.37 Å². The Morgan fingerprint density at radius 3 is 2.97 bits per heavy atom. The zero-order valence-corrected chi connectivity index (χ0v) is 15.5. The summed E-state index contributed by atoms with van der Waals surface area (Å²) in [7, 11) is 0. The molecule has 152 valence electrons. The summed E-state index contributed by atoms with van der Waals surface area (Å²) in [6.07, 6.45) is 5.88. The van der Waals surface area contributed by atoms with Crippen molar-refractivity contribution >= 4 is 29.3 Å². The number of nitrogens with one attached hydrogen (secondary N) is 3. The van der Waals surface area contributed by atoms with Gasteiger partial charge in [-0.3, -0.25) is 14.3 Å². The van der Waals surface area contributed by atoms with Crippen molar-refractivity contribution in [2.45, 2.75) is 25.4 Å². The molecule has 2 amide bonds. The maximum absolute atomic E-state index is 14.4. The number of carbonyl (C=O) groups excluding carboxylic acids is 2. The van der Waals surface area contributed by atoms with E-state index in [-0.39, 0.29) is 48.0 Å². The highest BCUT2D eigenvalue weighted by atomic mass is 19.1. The van der Waals surface area contributed by atoms with Crippen molar-refractivity contribution < 1.29 is 14.0 Å². The second kappa shape index (κ2) is 6.68. The molecule has 3 aliphatic rings. The van der Waals surface area contributed by atoms with E-state index in [0.717, 1.165) is 19.0 Å². The molecule has 5 atom stereocenters. The van der Waals surface area contributed by atoms with Crippen LogP contribution in [-0.2, 0) is 16.1 Å². The summed E-state index contributed by atoms with van der Waals surface area (Å²) >= 11 is 0. The van der Waals surface area contributed by atoms with E-state index in [2.05, 4.69) is 31.0 Å². The molecule has 2 aromatic heterocycles. The maximum Gasteiger partial charge on any atom is 0.241 e. The largest absolute Gasteiger partial charge is 0.369 e. The lowest BCUT2D eigenvalue weighted by Crippen LogP contribution is -2.47. The highest BCUT2D eigenvalue weighted by molar-refractivity contribution is 5.79. The van der Waals surface area contributed by atoms with E-state index in [1.807, 2.05) is 0 Å². The minimum absolute atomic E-state index is 0.0244. The number of fused-ring (bicyclic) bond motifs is 5. The molecule has 10 nitrogen and oxygen atoms in total. The molecular formula is C18H21FN8O2. The zero-order valence-electron chi connectivity index (χ0n) is 15.5. The van der Waals surface area contributed by atoms with Crippen LogP contribution in [-0.4, -0.2) is 44.1 Å². The molecule has 2 fully saturated rings. The third kappa shape index (κ3) is 3.15. The number of hydrogen-bond acceptors (Lipinski definition) is 7. The third-order valence-electron chi connectivity index (χ3n) is 6.27. The molecule has 6 bridgehead atoms. The number of nitrogens with zero attached hydrogens (tertiary/aromatic N) is 4. The molecule has 3 heterocycles. The van der Waals surface area contributed by atoms with E-state index >= 15 is 0 Å². The summed E-state index contributed by atoms with van der Waals surface area (Å²) in [6, 6.07) is -0.337. The Labute approximate surface area is 165 Å². The molecule has 0 saturated heterocycles. The molecule has 2 aliphatic carbocycles. The van der Waals surface area contributed by atoms with Crippen molar-refractivity contribution in [1.29, 1.82) is 0 Å². The summed E-state index contributed by atoms with van der Waals surface area (Å²) in [4.78, 5) is 32.6. The Balaban J connectivity index is 1.52. The number of carbonyl (C=O) groups is 2. The Morgan fingerprint density at radius 2 is 2.14 bits per heavy atom. The van der Waals surface area contributed by atoms with Crippen LogP contribution in [0.15, 0.2) is 18.6 Å². The molecule has 1 aliphatic heterocycles. The molecule has 0 radical (unpaired) electrons. The fourth-order valence-corrected chi connectivity index (χ4v) is 5.11. The highest BCUT2D eigenvalue weighted by Crippen LogP contribution is 2.52. The number of amides is 2. The van der Waals surface area contributed by atoms with Gasteiger partial charge in [0, 0.05) is 18.8 Å². The molecule has 0 unspecified atom stereocenters. The van der Waals surface area contributed by atoms with Crippen LogP contribution >= 0.6 is 0 Å². The summed E-state index contributed by atoms with van der Waals surface area (Å²) in [5.41, 5.74) is 6.24. The first-order valence-electron chi connectivity index (χ1n) is 9.62. The number of aromatic nitrogens is 4. The van der Waals surface area contributed by atoms with Crippen LogP contribution in [0.5, 0.6) is 0 Å². The lowest BCUT2D eigenvalue weighted by atomic mass is 9.77. The van der Waals surface area contributed by atoms with Crippen LogP contribution in [0.25, 0.3) is 0 Å². The van der Waals surface area contributed by atoms with Crippen LogP contribution < -0.4 is 21.7 Å². The summed E-state index contributed by atoms with van der Waals surface area (Å²) < 4.78 is 15.9. The number of primary amides is 1. The van der Waals surface area contributed by atoms with E-state index < -0.39 is 17.6 Å². The Morgan fingerprint density at radius 1 is 1.28 bits per heavy atom. The van der Waals surface area contributed by atoms with Crippen LogP contribution in [0.3, 0.4) is 0 Å². The second-order valence-electron chi connectivity index (χ2n) is 8.00. The fourth-order valence-electron chi connectivity index (χ4n) is 5.11. The van der Waals surface area contributed by atoms with Gasteiger partial charge >= 0.3 is 0 Å². The van der Waals surface area contributed by atoms with Crippen molar-refractivity contribution in [2.24, 2.45) is 29.4 Å². The first-order valence-corrected chi connectivity index (χ1v) is 9.62. The van der Waals surface area contributed by atoms with E-state index in [1.165, 1.54) is 10.9 Å². The van der Waals surface area contributed by atoms with Crippen LogP contribution in [0.2, 0.25) is 0 Å². The van der Waals surface area contributed by atoms with Gasteiger partial charge in [0.2, 0.25) is 17.8 Å². The number of rotatable bonds is 1. The van der Waals surface area contributed by atoms with Gasteiger partial charge in [0.25, 0.3) is 0 Å². The lowest BCUT2D eigenvalue weighted by molar-refractivity contribution is -0.124. The predicted octanol–water partition coefficient (Wildman–Crippen LogP) is 0.224. The van der Waals surface area contributed by atoms with Gasteiger partial charge in [-0.1, -0.05) is 0 Å². The SMILES string of the molecule is NC(=O)[C@H]1[C@H]2C[C@H]3CNC(=O)Cn4cc(cn4)Nc4ncc(F)c(n4)N[C@@H]1[C@@H]3C2. The summed E-state index contributed by atoms with van der Waals surface area (Å²) in [6.45, 7) is 0.581. The van der Waals surface area contributed by atoms with E-state index in [4.69, 9.17) is 5.73 Å². The highest BCUT2D eigenvalue weighted by Gasteiger charge is 2.54. The van der Waals surface area contributed by atoms with Gasteiger partial charge in [-0.15, -0.1) is 0 Å². The maximum atomic E-state index is 14.4. The third-order valence-corrected chi connectivity index (χ3v) is 6.27. The summed E-state index contributed by atoms with van der Waals surface area (Å²) in [5, 5.41) is 13.2. The van der Waals surface area contributed by atoms with Crippen molar-refractivity contribution in [3.8, 4) is 0 Å². The number of halogens is 1. The first-order chi connectivity index (χ1) is 14.0. The molecule has 11 heteroatoms. The van der Waals surface area contributed by atoms with Gasteiger partial charge in [0.05, 0.1) is 24.0 Å². The number of nitrogens with two attached hydrogens (primary N) is 1.